The second kappa shape index (κ2) is 14.6. The van der Waals surface area contributed by atoms with Crippen molar-refractivity contribution in [2.24, 2.45) is 0 Å². The van der Waals surface area contributed by atoms with E-state index in [0.717, 1.165) is 12.8 Å². The van der Waals surface area contributed by atoms with Gasteiger partial charge in [0.05, 0.1) is 0 Å². The maximum Gasteiger partial charge on any atom is 0.407 e. The molecule has 0 spiro atoms. The normalized spacial score (nSPS) is 11.4. The molecule has 0 aliphatic carbocycles. The van der Waals surface area contributed by atoms with Crippen LogP contribution in [0.15, 0.2) is 0 Å². The van der Waals surface area contributed by atoms with Crippen molar-refractivity contribution in [1.82, 2.24) is 10.6 Å². The Morgan fingerprint density at radius 1 is 0.581 bits per heavy atom. The number of alkyl carbamates (subject to hydrolysis) is 2. The quantitative estimate of drug-likeness (QED) is 0.200. The van der Waals surface area contributed by atoms with Crippen LogP contribution in [0.4, 0.5) is 9.59 Å². The molecule has 0 saturated heterocycles. The molecule has 9 nitrogen and oxygen atoms in total. The van der Waals surface area contributed by atoms with Crippen molar-refractivity contribution < 1.29 is 33.4 Å². The summed E-state index contributed by atoms with van der Waals surface area (Å²) in [6.45, 7) is 11.7. The van der Waals surface area contributed by atoms with Crippen molar-refractivity contribution in [3.8, 4) is 0 Å². The third-order valence-electron chi connectivity index (χ3n) is 3.68. The van der Waals surface area contributed by atoms with E-state index in [-0.39, 0.29) is 12.8 Å². The molecule has 31 heavy (non-hydrogen) atoms. The maximum absolute atomic E-state index is 11.7. The predicted octanol–water partition coefficient (Wildman–Crippen LogP) is 4.23. The second-order valence-corrected chi connectivity index (χ2v) is 9.32. The number of hydrogen-bond acceptors (Lipinski definition) is 7. The average Bonchev–Trinajstić information content (AvgIpc) is 2.57. The fourth-order valence-corrected chi connectivity index (χ4v) is 2.38. The van der Waals surface area contributed by atoms with Gasteiger partial charge in [0.1, 0.15) is 11.2 Å². The van der Waals surface area contributed by atoms with Gasteiger partial charge in [-0.3, -0.25) is 9.59 Å². The Balaban J connectivity index is 3.63. The molecule has 0 atom stereocenters. The van der Waals surface area contributed by atoms with Gasteiger partial charge in [-0.2, -0.15) is 0 Å². The van der Waals surface area contributed by atoms with Crippen LogP contribution in [0, 0.1) is 0 Å². The van der Waals surface area contributed by atoms with E-state index in [1.165, 1.54) is 0 Å². The Hall–Kier alpha value is -2.32. The first-order valence-corrected chi connectivity index (χ1v) is 11.0. The van der Waals surface area contributed by atoms with Crippen LogP contribution >= 0.6 is 0 Å². The number of ether oxygens (including phenoxy) is 3. The highest BCUT2D eigenvalue weighted by Crippen LogP contribution is 2.08. The molecule has 0 aliphatic heterocycles. The van der Waals surface area contributed by atoms with Gasteiger partial charge in [-0.15, -0.1) is 0 Å². The van der Waals surface area contributed by atoms with Crippen molar-refractivity contribution in [3.05, 3.63) is 0 Å². The van der Waals surface area contributed by atoms with Gasteiger partial charge in [0, 0.05) is 25.9 Å². The molecule has 0 rings (SSSR count). The minimum absolute atomic E-state index is 0.165. The molecule has 0 fully saturated rings. The highest BCUT2D eigenvalue weighted by molar-refractivity contribution is 5.85. The number of unbranched alkanes of at least 4 members (excludes halogenated alkanes) is 4. The van der Waals surface area contributed by atoms with E-state index < -0.39 is 35.3 Å². The SMILES string of the molecule is CC(C)(C)OC(=O)NCCCCCC(=O)OC(=O)CCCCCNC(=O)OC(C)(C)C. The first-order valence-electron chi connectivity index (χ1n) is 11.0. The van der Waals surface area contributed by atoms with Gasteiger partial charge in [0.25, 0.3) is 0 Å². The third kappa shape index (κ3) is 20.7. The van der Waals surface area contributed by atoms with Gasteiger partial charge in [-0.25, -0.2) is 9.59 Å². The summed E-state index contributed by atoms with van der Waals surface area (Å²) < 4.78 is 15.0. The van der Waals surface area contributed by atoms with Crippen LogP contribution in [0.2, 0.25) is 0 Å². The molecule has 0 aliphatic rings. The van der Waals surface area contributed by atoms with Gasteiger partial charge in [0.15, 0.2) is 0 Å². The molecular weight excluding hydrogens is 404 g/mol. The maximum atomic E-state index is 11.7. The van der Waals surface area contributed by atoms with Crippen LogP contribution in [-0.2, 0) is 23.8 Å². The molecule has 0 bridgehead atoms. The van der Waals surface area contributed by atoms with E-state index in [1.807, 2.05) is 0 Å². The zero-order chi connectivity index (χ0) is 23.9. The van der Waals surface area contributed by atoms with Crippen molar-refractivity contribution in [1.29, 1.82) is 0 Å². The summed E-state index contributed by atoms with van der Waals surface area (Å²) in [4.78, 5) is 46.3. The van der Waals surface area contributed by atoms with Crippen LogP contribution in [0.3, 0.4) is 0 Å². The van der Waals surface area contributed by atoms with E-state index in [9.17, 15) is 19.2 Å². The van der Waals surface area contributed by atoms with Crippen LogP contribution in [0.5, 0.6) is 0 Å². The van der Waals surface area contributed by atoms with Crippen LogP contribution in [-0.4, -0.2) is 48.4 Å². The van der Waals surface area contributed by atoms with Crippen molar-refractivity contribution in [2.45, 2.75) is 104 Å². The fourth-order valence-electron chi connectivity index (χ4n) is 2.38. The number of nitrogens with one attached hydrogen (secondary N) is 2. The lowest BCUT2D eigenvalue weighted by atomic mass is 10.2. The summed E-state index contributed by atoms with van der Waals surface area (Å²) in [5.74, 6) is -1.06. The zero-order valence-electron chi connectivity index (χ0n) is 19.9. The van der Waals surface area contributed by atoms with Crippen molar-refractivity contribution in [3.63, 3.8) is 0 Å². The van der Waals surface area contributed by atoms with Crippen LogP contribution in [0.25, 0.3) is 0 Å². The van der Waals surface area contributed by atoms with Crippen LogP contribution < -0.4 is 10.6 Å². The second-order valence-electron chi connectivity index (χ2n) is 9.32. The summed E-state index contributed by atoms with van der Waals surface area (Å²) in [7, 11) is 0. The first kappa shape index (κ1) is 28.7. The van der Waals surface area contributed by atoms with Gasteiger partial charge in [-0.05, 0) is 67.2 Å². The smallest absolute Gasteiger partial charge is 0.407 e. The molecule has 0 aromatic carbocycles. The largest absolute Gasteiger partial charge is 0.444 e. The lowest BCUT2D eigenvalue weighted by molar-refractivity contribution is -0.159. The number of esters is 2. The Labute approximate surface area is 185 Å². The summed E-state index contributed by atoms with van der Waals surface area (Å²) in [5, 5.41) is 5.30. The lowest BCUT2D eigenvalue weighted by Gasteiger charge is -2.19. The fraction of sp³-hybridized carbons (Fsp3) is 0.818. The Kier molecular flexibility index (Phi) is 13.5. The molecule has 0 aromatic heterocycles. The van der Waals surface area contributed by atoms with E-state index in [4.69, 9.17) is 14.2 Å². The first-order chi connectivity index (χ1) is 14.3. The molecule has 0 unspecified atom stereocenters. The average molecular weight is 445 g/mol. The number of rotatable bonds is 12. The highest BCUT2D eigenvalue weighted by Gasteiger charge is 2.16. The number of hydrogen-bond donors (Lipinski definition) is 2. The minimum atomic E-state index is -0.531. The number of amides is 2. The van der Waals surface area contributed by atoms with Crippen LogP contribution in [0.1, 0.15) is 92.9 Å². The van der Waals surface area contributed by atoms with E-state index in [2.05, 4.69) is 10.6 Å². The molecule has 0 aromatic rings. The van der Waals surface area contributed by atoms with Crippen molar-refractivity contribution in [2.75, 3.05) is 13.1 Å². The summed E-state index contributed by atoms with van der Waals surface area (Å²) in [6.07, 6.45) is 3.44. The Bertz CT molecular complexity index is 527. The van der Waals surface area contributed by atoms with Gasteiger partial charge in [0.2, 0.25) is 0 Å². The molecule has 2 N–H and O–H groups in total. The van der Waals surface area contributed by atoms with E-state index in [0.29, 0.717) is 38.8 Å². The molecule has 9 heteroatoms. The summed E-state index contributed by atoms with van der Waals surface area (Å²) in [5.41, 5.74) is -1.06. The van der Waals surface area contributed by atoms with E-state index in [1.54, 1.807) is 41.5 Å². The molecule has 180 valence electrons. The van der Waals surface area contributed by atoms with Gasteiger partial charge >= 0.3 is 24.1 Å². The van der Waals surface area contributed by atoms with Gasteiger partial charge < -0.3 is 24.8 Å². The standard InChI is InChI=1S/C22H40N2O7/c1-21(2,3)30-19(27)23-15-11-7-9-13-17(25)29-18(26)14-10-8-12-16-24-20(28)31-22(4,5)6/h7-16H2,1-6H3,(H,23,27)(H,24,28). The van der Waals surface area contributed by atoms with Crippen molar-refractivity contribution >= 4 is 24.1 Å². The van der Waals surface area contributed by atoms with E-state index >= 15 is 0 Å². The lowest BCUT2D eigenvalue weighted by Crippen LogP contribution is -2.33. The number of carbonyl (C=O) groups is 4. The molecule has 2 amide bonds. The molecule has 0 saturated carbocycles. The monoisotopic (exact) mass is 444 g/mol. The minimum Gasteiger partial charge on any atom is -0.444 e. The summed E-state index contributed by atoms with van der Waals surface area (Å²) >= 11 is 0. The third-order valence-corrected chi connectivity index (χ3v) is 3.68. The Morgan fingerprint density at radius 3 is 1.26 bits per heavy atom. The summed E-state index contributed by atoms with van der Waals surface area (Å²) in [6, 6.07) is 0. The molecule has 0 heterocycles. The molecule has 0 radical (unpaired) electrons. The zero-order valence-corrected chi connectivity index (χ0v) is 19.9. The highest BCUT2D eigenvalue weighted by atomic mass is 16.6. The topological polar surface area (TPSA) is 120 Å². The molecular formula is C22H40N2O7. The number of carbonyl (C=O) groups excluding carboxylic acids is 4. The predicted molar refractivity (Wildman–Crippen MR) is 117 cm³/mol. The Morgan fingerprint density at radius 2 is 0.935 bits per heavy atom. The van der Waals surface area contributed by atoms with Gasteiger partial charge in [-0.1, -0.05) is 12.8 Å².